The molecule has 1 fully saturated rings. The molecule has 188 valence electrons. The average Bonchev–Trinajstić information content (AvgIpc) is 3.38. The zero-order valence-electron chi connectivity index (χ0n) is 21.2. The lowest BCUT2D eigenvalue weighted by Gasteiger charge is -2.28. The van der Waals surface area contributed by atoms with E-state index in [1.165, 1.54) is 0 Å². The summed E-state index contributed by atoms with van der Waals surface area (Å²) < 4.78 is 2.16. The fraction of sp³-hybridized carbons (Fsp3) is 0.241. The molecule has 0 aliphatic carbocycles. The first kappa shape index (κ1) is 24.6. The van der Waals surface area contributed by atoms with E-state index >= 15 is 0 Å². The lowest BCUT2D eigenvalue weighted by molar-refractivity contribution is -0.116. The highest BCUT2D eigenvalue weighted by molar-refractivity contribution is 7.80. The third kappa shape index (κ3) is 5.11. The molecule has 0 saturated carbocycles. The number of aryl methyl sites for hydroxylation is 2. The van der Waals surface area contributed by atoms with Crippen molar-refractivity contribution in [2.75, 3.05) is 11.9 Å². The first-order valence-corrected chi connectivity index (χ1v) is 12.8. The Hall–Kier alpha value is -4.04. The van der Waals surface area contributed by atoms with Crippen LogP contribution in [0.5, 0.6) is 0 Å². The number of hydrogen-bond donors (Lipinski definition) is 2. The molecule has 7 nitrogen and oxygen atoms in total. The fourth-order valence-electron chi connectivity index (χ4n) is 5.08. The molecule has 0 spiro atoms. The second-order valence-electron chi connectivity index (χ2n) is 9.34. The number of amides is 1. The Morgan fingerprint density at radius 2 is 1.78 bits per heavy atom. The summed E-state index contributed by atoms with van der Waals surface area (Å²) in [6.45, 7) is 6.68. The van der Waals surface area contributed by atoms with E-state index in [0.29, 0.717) is 18.1 Å². The Labute approximate surface area is 222 Å². The Morgan fingerprint density at radius 3 is 2.49 bits per heavy atom. The molecule has 8 heteroatoms. The summed E-state index contributed by atoms with van der Waals surface area (Å²) >= 11 is 5.81. The van der Waals surface area contributed by atoms with E-state index in [9.17, 15) is 4.79 Å². The Kier molecular flexibility index (Phi) is 7.01. The van der Waals surface area contributed by atoms with Gasteiger partial charge in [-0.05, 0) is 86.6 Å². The number of pyridine rings is 2. The van der Waals surface area contributed by atoms with Crippen LogP contribution in [-0.4, -0.2) is 37.0 Å². The molecule has 1 aromatic carbocycles. The molecule has 1 saturated heterocycles. The molecular weight excluding hydrogens is 480 g/mol. The second kappa shape index (κ2) is 10.5. The molecule has 0 bridgehead atoms. The third-order valence-corrected chi connectivity index (χ3v) is 7.10. The number of thiocarbonyl (C=S) groups is 1. The molecule has 2 N–H and O–H groups in total. The minimum Gasteiger partial charge on any atom is -0.352 e. The number of benzene rings is 1. The number of anilines is 1. The Morgan fingerprint density at radius 1 is 1.00 bits per heavy atom. The first-order chi connectivity index (χ1) is 17.9. The maximum absolute atomic E-state index is 12.9. The van der Waals surface area contributed by atoms with Crippen LogP contribution in [0.15, 0.2) is 79.1 Å². The highest BCUT2D eigenvalue weighted by Gasteiger charge is 2.41. The monoisotopic (exact) mass is 510 g/mol. The number of carbonyl (C=O) groups excluding carboxylic acids is 1. The largest absolute Gasteiger partial charge is 0.352 e. The standard InChI is InChI=1S/C29H30N6OS/c1-19-9-8-10-22(17-19)32-26(36)13-16-34-28(27(33-29(34)37)24-11-4-6-14-30-24)23-18-20(2)35(21(23)3)25-12-5-7-15-31-25/h4-12,14-15,17-18,27-28H,13,16H2,1-3H3,(H,32,36)(H,33,37). The first-order valence-electron chi connectivity index (χ1n) is 12.4. The molecule has 5 rings (SSSR count). The zero-order chi connectivity index (χ0) is 25.9. The highest BCUT2D eigenvalue weighted by Crippen LogP contribution is 2.41. The van der Waals surface area contributed by atoms with E-state index in [4.69, 9.17) is 12.2 Å². The minimum absolute atomic E-state index is 0.0487. The second-order valence-corrected chi connectivity index (χ2v) is 9.72. The van der Waals surface area contributed by atoms with E-state index in [2.05, 4.69) is 50.0 Å². The van der Waals surface area contributed by atoms with Crippen LogP contribution in [0.25, 0.3) is 5.82 Å². The SMILES string of the molecule is Cc1cccc(NC(=O)CCN2C(=S)NC(c3ccccn3)C2c2cc(C)n(-c3ccccn3)c2C)c1. The van der Waals surface area contributed by atoms with Crippen LogP contribution in [0.2, 0.25) is 0 Å². The third-order valence-electron chi connectivity index (χ3n) is 6.75. The van der Waals surface area contributed by atoms with Gasteiger partial charge in [0, 0.05) is 42.4 Å². The van der Waals surface area contributed by atoms with Crippen molar-refractivity contribution in [2.24, 2.45) is 0 Å². The van der Waals surface area contributed by atoms with Crippen molar-refractivity contribution in [1.29, 1.82) is 0 Å². The normalized spacial score (nSPS) is 17.1. The quantitative estimate of drug-likeness (QED) is 0.333. The topological polar surface area (TPSA) is 75.1 Å². The summed E-state index contributed by atoms with van der Waals surface area (Å²) in [5.41, 5.74) is 6.11. The Balaban J connectivity index is 1.46. The van der Waals surface area contributed by atoms with Gasteiger partial charge in [0.1, 0.15) is 5.82 Å². The summed E-state index contributed by atoms with van der Waals surface area (Å²) in [7, 11) is 0. The summed E-state index contributed by atoms with van der Waals surface area (Å²) in [4.78, 5) is 24.2. The van der Waals surface area contributed by atoms with Crippen LogP contribution in [-0.2, 0) is 4.79 Å². The van der Waals surface area contributed by atoms with Crippen molar-refractivity contribution in [2.45, 2.75) is 39.3 Å². The summed E-state index contributed by atoms with van der Waals surface area (Å²) in [6, 6.07) is 21.6. The van der Waals surface area contributed by atoms with Crippen molar-refractivity contribution >= 4 is 28.9 Å². The van der Waals surface area contributed by atoms with Gasteiger partial charge >= 0.3 is 0 Å². The number of hydrogen-bond acceptors (Lipinski definition) is 4. The predicted octanol–water partition coefficient (Wildman–Crippen LogP) is 5.19. The molecule has 4 aromatic rings. The predicted molar refractivity (Wildman–Crippen MR) is 150 cm³/mol. The number of aromatic nitrogens is 3. The van der Waals surface area contributed by atoms with Gasteiger partial charge in [-0.3, -0.25) is 9.78 Å². The van der Waals surface area contributed by atoms with Crippen molar-refractivity contribution in [3.05, 3.63) is 107 Å². The molecule has 37 heavy (non-hydrogen) atoms. The molecule has 0 radical (unpaired) electrons. The van der Waals surface area contributed by atoms with Crippen molar-refractivity contribution in [3.8, 4) is 5.82 Å². The van der Waals surface area contributed by atoms with Crippen molar-refractivity contribution in [3.63, 3.8) is 0 Å². The summed E-state index contributed by atoms with van der Waals surface area (Å²) in [5.74, 6) is 0.822. The molecule has 2 atom stereocenters. The van der Waals surface area contributed by atoms with E-state index < -0.39 is 0 Å². The van der Waals surface area contributed by atoms with E-state index in [1.54, 1.807) is 12.4 Å². The van der Waals surface area contributed by atoms with Gasteiger partial charge < -0.3 is 20.1 Å². The fourth-order valence-corrected chi connectivity index (χ4v) is 5.41. The molecule has 2 unspecified atom stereocenters. The van der Waals surface area contributed by atoms with Crippen LogP contribution in [0, 0.1) is 20.8 Å². The van der Waals surface area contributed by atoms with Crippen LogP contribution in [0.4, 0.5) is 5.69 Å². The van der Waals surface area contributed by atoms with E-state index in [0.717, 1.165) is 39.7 Å². The van der Waals surface area contributed by atoms with Crippen molar-refractivity contribution in [1.82, 2.24) is 24.8 Å². The summed E-state index contributed by atoms with van der Waals surface area (Å²) in [6.07, 6.45) is 3.91. The lowest BCUT2D eigenvalue weighted by atomic mass is 9.96. The molecular formula is C29H30N6OS. The van der Waals surface area contributed by atoms with Gasteiger partial charge in [0.2, 0.25) is 5.91 Å². The van der Waals surface area contributed by atoms with Gasteiger partial charge in [-0.25, -0.2) is 4.98 Å². The number of carbonyl (C=O) groups is 1. The van der Waals surface area contributed by atoms with E-state index in [-0.39, 0.29) is 18.0 Å². The van der Waals surface area contributed by atoms with Gasteiger partial charge in [-0.15, -0.1) is 0 Å². The van der Waals surface area contributed by atoms with Crippen LogP contribution in [0.1, 0.15) is 46.7 Å². The van der Waals surface area contributed by atoms with Crippen molar-refractivity contribution < 1.29 is 4.79 Å². The number of rotatable bonds is 7. The van der Waals surface area contributed by atoms with Gasteiger partial charge in [-0.2, -0.15) is 0 Å². The van der Waals surface area contributed by atoms with Crippen LogP contribution >= 0.6 is 12.2 Å². The summed E-state index contributed by atoms with van der Waals surface area (Å²) in [5, 5.41) is 7.11. The smallest absolute Gasteiger partial charge is 0.226 e. The maximum atomic E-state index is 12.9. The zero-order valence-corrected chi connectivity index (χ0v) is 22.0. The Bertz CT molecular complexity index is 1420. The number of nitrogens with zero attached hydrogens (tertiary/aromatic N) is 4. The lowest BCUT2D eigenvalue weighted by Crippen LogP contribution is -2.32. The molecule has 1 aliphatic heterocycles. The van der Waals surface area contributed by atoms with Crippen LogP contribution in [0.3, 0.4) is 0 Å². The van der Waals surface area contributed by atoms with Gasteiger partial charge in [-0.1, -0.05) is 24.3 Å². The van der Waals surface area contributed by atoms with Gasteiger partial charge in [0.05, 0.1) is 17.8 Å². The van der Waals surface area contributed by atoms with Crippen LogP contribution < -0.4 is 10.6 Å². The molecule has 1 amide bonds. The molecule has 1 aliphatic rings. The minimum atomic E-state index is -0.147. The van der Waals surface area contributed by atoms with Gasteiger partial charge in [0.25, 0.3) is 0 Å². The highest BCUT2D eigenvalue weighted by atomic mass is 32.1. The molecule has 3 aromatic heterocycles. The average molecular weight is 511 g/mol. The van der Waals surface area contributed by atoms with Gasteiger partial charge in [0.15, 0.2) is 5.11 Å². The van der Waals surface area contributed by atoms with E-state index in [1.807, 2.05) is 67.6 Å². The number of nitrogens with one attached hydrogen (secondary N) is 2. The molecule has 4 heterocycles. The maximum Gasteiger partial charge on any atom is 0.226 e.